The zero-order valence-electron chi connectivity index (χ0n) is 37.6. The molecule has 12 aromatic rings. The van der Waals surface area contributed by atoms with Crippen LogP contribution < -0.4 is 0 Å². The number of nitriles is 1. The van der Waals surface area contributed by atoms with Crippen LogP contribution in [0.25, 0.3) is 111 Å². The molecule has 0 spiro atoms. The molecule has 0 fully saturated rings. The molecule has 6 nitrogen and oxygen atoms in total. The summed E-state index contributed by atoms with van der Waals surface area (Å²) < 4.78 is 89.5. The maximum atomic E-state index is 14.3. The molecule has 0 saturated heterocycles. The molecule has 0 unspecified atom stereocenters. The Bertz CT molecular complexity index is 4090. The first-order valence-electron chi connectivity index (χ1n) is 22.8. The van der Waals surface area contributed by atoms with Crippen LogP contribution in [-0.4, -0.2) is 24.1 Å². The fourth-order valence-electron chi connectivity index (χ4n) is 9.79. The van der Waals surface area contributed by atoms with Crippen molar-refractivity contribution in [2.75, 3.05) is 0 Å². The molecule has 3 heterocycles. The van der Waals surface area contributed by atoms with Crippen molar-refractivity contribution in [1.29, 1.82) is 5.26 Å². The van der Waals surface area contributed by atoms with E-state index in [0.29, 0.717) is 106 Å². The van der Waals surface area contributed by atoms with Crippen LogP contribution in [-0.2, 0) is 12.4 Å². The van der Waals surface area contributed by atoms with Gasteiger partial charge < -0.3 is 9.13 Å². The smallest absolute Gasteiger partial charge is 0.309 e. The van der Waals surface area contributed by atoms with Crippen LogP contribution in [0.2, 0.25) is 0 Å². The first-order valence-corrected chi connectivity index (χ1v) is 22.8. The molecule has 72 heavy (non-hydrogen) atoms. The molecule has 12 heteroatoms. The highest BCUT2D eigenvalue weighted by atomic mass is 19.4. The maximum Gasteiger partial charge on any atom is 0.416 e. The highest BCUT2D eigenvalue weighted by molar-refractivity contribution is 6.11. The van der Waals surface area contributed by atoms with Crippen molar-refractivity contribution < 1.29 is 26.3 Å². The average molecular weight is 953 g/mol. The maximum absolute atomic E-state index is 14.3. The number of fused-ring (bicyclic) bond motifs is 6. The summed E-state index contributed by atoms with van der Waals surface area (Å²) >= 11 is 0. The first kappa shape index (κ1) is 43.9. The van der Waals surface area contributed by atoms with E-state index in [1.807, 2.05) is 143 Å². The Labute approximate surface area is 407 Å². The summed E-state index contributed by atoms with van der Waals surface area (Å²) in [5.41, 5.74) is 7.00. The number of para-hydroxylation sites is 2. The summed E-state index contributed by atoms with van der Waals surface area (Å²) in [7, 11) is 0. The molecule has 9 aromatic carbocycles. The lowest BCUT2D eigenvalue weighted by atomic mass is 9.93. The first-order chi connectivity index (χ1) is 34.9. The third-order valence-corrected chi connectivity index (χ3v) is 13.1. The lowest BCUT2D eigenvalue weighted by Gasteiger charge is -2.20. The van der Waals surface area contributed by atoms with Gasteiger partial charge in [-0.2, -0.15) is 31.6 Å². The Hall–Kier alpha value is -9.34. The highest BCUT2D eigenvalue weighted by Crippen LogP contribution is 2.44. The zero-order chi connectivity index (χ0) is 49.3. The van der Waals surface area contributed by atoms with E-state index in [1.165, 1.54) is 24.3 Å². The number of aromatic nitrogens is 5. The predicted molar refractivity (Wildman–Crippen MR) is 270 cm³/mol. The van der Waals surface area contributed by atoms with E-state index in [-0.39, 0.29) is 0 Å². The van der Waals surface area contributed by atoms with Crippen LogP contribution >= 0.6 is 0 Å². The molecule has 0 amide bonds. The van der Waals surface area contributed by atoms with Crippen molar-refractivity contribution in [1.82, 2.24) is 24.1 Å². The minimum atomic E-state index is -4.58. The molecule has 0 atom stereocenters. The summed E-state index contributed by atoms with van der Waals surface area (Å²) in [4.78, 5) is 15.0. The average Bonchev–Trinajstić information content (AvgIpc) is 3.92. The second-order valence-corrected chi connectivity index (χ2v) is 17.3. The minimum Gasteiger partial charge on any atom is -0.309 e. The van der Waals surface area contributed by atoms with Gasteiger partial charge in [-0.05, 0) is 90.5 Å². The van der Waals surface area contributed by atoms with Gasteiger partial charge in [0, 0.05) is 54.9 Å². The van der Waals surface area contributed by atoms with Gasteiger partial charge in [-0.1, -0.05) is 121 Å². The molecule has 12 rings (SSSR count). The summed E-state index contributed by atoms with van der Waals surface area (Å²) in [5.74, 6) is 1.25. The summed E-state index contributed by atoms with van der Waals surface area (Å²) in [6.07, 6.45) is -9.16. The van der Waals surface area contributed by atoms with Crippen molar-refractivity contribution >= 4 is 43.6 Å². The largest absolute Gasteiger partial charge is 0.416 e. The Morgan fingerprint density at radius 2 is 0.764 bits per heavy atom. The Balaban J connectivity index is 1.16. The van der Waals surface area contributed by atoms with Crippen LogP contribution in [0.3, 0.4) is 0 Å². The molecule has 0 aliphatic heterocycles. The van der Waals surface area contributed by atoms with Crippen molar-refractivity contribution in [2.45, 2.75) is 12.4 Å². The van der Waals surface area contributed by atoms with E-state index < -0.39 is 23.5 Å². The monoisotopic (exact) mass is 952 g/mol. The van der Waals surface area contributed by atoms with E-state index in [9.17, 15) is 31.6 Å². The van der Waals surface area contributed by atoms with Crippen LogP contribution in [0.4, 0.5) is 26.3 Å². The lowest BCUT2D eigenvalue weighted by Crippen LogP contribution is -2.05. The molecule has 0 saturated carbocycles. The third-order valence-electron chi connectivity index (χ3n) is 13.1. The van der Waals surface area contributed by atoms with E-state index in [2.05, 4.69) is 6.07 Å². The molecular weight excluding hydrogens is 919 g/mol. The van der Waals surface area contributed by atoms with Gasteiger partial charge in [0.1, 0.15) is 0 Å². The van der Waals surface area contributed by atoms with E-state index in [4.69, 9.17) is 15.0 Å². The van der Waals surface area contributed by atoms with E-state index >= 15 is 0 Å². The molecule has 0 N–H and O–H groups in total. The van der Waals surface area contributed by atoms with Gasteiger partial charge in [0.15, 0.2) is 17.5 Å². The fourth-order valence-corrected chi connectivity index (χ4v) is 9.79. The second-order valence-electron chi connectivity index (χ2n) is 17.3. The van der Waals surface area contributed by atoms with Gasteiger partial charge in [-0.25, -0.2) is 15.0 Å². The molecule has 3 aromatic heterocycles. The van der Waals surface area contributed by atoms with Crippen LogP contribution in [0.5, 0.6) is 0 Å². The fraction of sp³-hybridized carbons (Fsp3) is 0.0333. The lowest BCUT2D eigenvalue weighted by molar-refractivity contribution is -0.138. The summed E-state index contributed by atoms with van der Waals surface area (Å²) in [6, 6.07) is 62.1. The third kappa shape index (κ3) is 7.50. The van der Waals surface area contributed by atoms with Crippen molar-refractivity contribution in [2.24, 2.45) is 0 Å². The number of halogens is 6. The van der Waals surface area contributed by atoms with Crippen LogP contribution in [0.15, 0.2) is 206 Å². The Kier molecular flexibility index (Phi) is 10.3. The van der Waals surface area contributed by atoms with Crippen molar-refractivity contribution in [3.8, 4) is 73.9 Å². The Morgan fingerprint density at radius 3 is 1.28 bits per heavy atom. The number of alkyl halides is 6. The van der Waals surface area contributed by atoms with Gasteiger partial charge in [-0.15, -0.1) is 0 Å². The Morgan fingerprint density at radius 1 is 0.347 bits per heavy atom. The standard InChI is InChI=1S/C60H34F6N6/c61-59(62,63)41-25-29-54-48(33-41)44-19-9-11-21-50(44)71(54)52-28-24-39(58-69-56(36-13-3-1-4-14-36)68-57(70-58)37-15-5-2-6-16-37)32-46(52)38-23-27-53(47(31-38)43-18-8-7-17-40(43)35-67)72-51-22-12-10-20-45(51)49-34-42(60(64,65)66)26-30-55(49)72/h1-34H. The number of hydrogen-bond acceptors (Lipinski definition) is 4. The van der Waals surface area contributed by atoms with Crippen LogP contribution in [0.1, 0.15) is 16.7 Å². The SMILES string of the molecule is N#Cc1ccccc1-c1cc(-c2cc(-c3nc(-c4ccccc4)nc(-c4ccccc4)n3)ccc2-n2c3ccccc3c3cc(C(F)(F)F)ccc32)ccc1-n1c2ccccc2c2cc(C(F)(F)F)ccc21. The van der Waals surface area contributed by atoms with Gasteiger partial charge in [-0.3, -0.25) is 0 Å². The number of nitrogens with zero attached hydrogens (tertiary/aromatic N) is 6. The molecule has 0 radical (unpaired) electrons. The normalized spacial score (nSPS) is 12.0. The summed E-state index contributed by atoms with van der Waals surface area (Å²) in [6.45, 7) is 0. The summed E-state index contributed by atoms with van der Waals surface area (Å²) in [5, 5.41) is 12.6. The number of rotatable bonds is 7. The topological polar surface area (TPSA) is 72.3 Å². The number of hydrogen-bond donors (Lipinski definition) is 0. The second kappa shape index (κ2) is 17.0. The van der Waals surface area contributed by atoms with Gasteiger partial charge in [0.2, 0.25) is 0 Å². The van der Waals surface area contributed by atoms with Crippen molar-refractivity contribution in [3.63, 3.8) is 0 Å². The quantitative estimate of drug-likeness (QED) is 0.149. The van der Waals surface area contributed by atoms with Crippen molar-refractivity contribution in [3.05, 3.63) is 223 Å². The molecule has 0 bridgehead atoms. The number of benzene rings is 9. The van der Waals surface area contributed by atoms with E-state index in [0.717, 1.165) is 23.3 Å². The van der Waals surface area contributed by atoms with Gasteiger partial charge in [0.05, 0.1) is 56.2 Å². The molecule has 0 aliphatic rings. The molecule has 346 valence electrons. The predicted octanol–water partition coefficient (Wildman–Crippen LogP) is 16.3. The molecule has 0 aliphatic carbocycles. The van der Waals surface area contributed by atoms with Crippen LogP contribution in [0, 0.1) is 11.3 Å². The van der Waals surface area contributed by atoms with E-state index in [1.54, 1.807) is 36.4 Å². The van der Waals surface area contributed by atoms with Gasteiger partial charge in [0.25, 0.3) is 0 Å². The zero-order valence-corrected chi connectivity index (χ0v) is 37.6. The molecular formula is C60H34F6N6. The highest BCUT2D eigenvalue weighted by Gasteiger charge is 2.33. The minimum absolute atomic E-state index is 0.361. The van der Waals surface area contributed by atoms with Gasteiger partial charge >= 0.3 is 12.4 Å².